The first-order valence-corrected chi connectivity index (χ1v) is 10.2. The van der Waals surface area contributed by atoms with E-state index in [1.165, 1.54) is 63.9 Å². The zero-order chi connectivity index (χ0) is 15.5. The molecule has 0 amide bonds. The monoisotopic (exact) mass is 322 g/mol. The molecular weight excluding hydrogens is 292 g/mol. The Kier molecular flexibility index (Phi) is 5.45. The molecule has 2 aliphatic rings. The van der Waals surface area contributed by atoms with Gasteiger partial charge in [-0.3, -0.25) is 4.90 Å². The van der Waals surface area contributed by atoms with Crippen LogP contribution in [0.2, 0.25) is 0 Å². The van der Waals surface area contributed by atoms with Crippen LogP contribution in [0.3, 0.4) is 0 Å². The van der Waals surface area contributed by atoms with E-state index in [2.05, 4.69) is 39.8 Å². The van der Waals surface area contributed by atoms with Gasteiger partial charge in [-0.2, -0.15) is 0 Å². The van der Waals surface area contributed by atoms with Gasteiger partial charge in [-0.05, 0) is 52.3 Å². The zero-order valence-corrected chi connectivity index (χ0v) is 15.1. The van der Waals surface area contributed by atoms with E-state index in [-0.39, 0.29) is 0 Å². The van der Waals surface area contributed by atoms with E-state index in [0.717, 1.165) is 11.2 Å². The molecule has 4 nitrogen and oxygen atoms in total. The molecule has 1 saturated carbocycles. The van der Waals surface area contributed by atoms with Crippen molar-refractivity contribution in [1.29, 1.82) is 0 Å². The highest BCUT2D eigenvalue weighted by atomic mass is 32.2. The lowest BCUT2D eigenvalue weighted by Crippen LogP contribution is -2.43. The molecule has 1 aliphatic heterocycles. The molecule has 124 valence electrons. The van der Waals surface area contributed by atoms with Gasteiger partial charge in [0.05, 0.1) is 0 Å². The third-order valence-electron chi connectivity index (χ3n) is 5.30. The normalized spacial score (nSPS) is 25.0. The molecule has 5 heteroatoms. The molecule has 1 saturated heterocycles. The van der Waals surface area contributed by atoms with Crippen molar-refractivity contribution in [3.8, 4) is 0 Å². The van der Waals surface area contributed by atoms with E-state index in [1.807, 2.05) is 0 Å². The number of hydrogen-bond donors (Lipinski definition) is 0. The lowest BCUT2D eigenvalue weighted by molar-refractivity contribution is 0.115. The third kappa shape index (κ3) is 3.35. The SMILES string of the molecule is CSc1nnc([C@@H]2CCCN(C3CCCCC3)C2)n1C(C)C. The maximum absolute atomic E-state index is 4.58. The summed E-state index contributed by atoms with van der Waals surface area (Å²) in [6.45, 7) is 6.96. The molecule has 0 unspecified atom stereocenters. The Labute approximate surface area is 139 Å². The molecule has 1 atom stereocenters. The second-order valence-electron chi connectivity index (χ2n) is 7.13. The summed E-state index contributed by atoms with van der Waals surface area (Å²) >= 11 is 1.71. The van der Waals surface area contributed by atoms with E-state index < -0.39 is 0 Å². The first kappa shape index (κ1) is 16.3. The minimum atomic E-state index is 0.442. The molecule has 0 spiro atoms. The van der Waals surface area contributed by atoms with Gasteiger partial charge in [0.15, 0.2) is 5.16 Å². The van der Waals surface area contributed by atoms with Crippen LogP contribution in [0.25, 0.3) is 0 Å². The summed E-state index contributed by atoms with van der Waals surface area (Å²) in [5.41, 5.74) is 0. The molecule has 22 heavy (non-hydrogen) atoms. The first-order valence-electron chi connectivity index (χ1n) is 8.93. The number of likely N-dealkylation sites (tertiary alicyclic amines) is 1. The number of aromatic nitrogens is 3. The average molecular weight is 323 g/mol. The van der Waals surface area contributed by atoms with Crippen LogP contribution < -0.4 is 0 Å². The van der Waals surface area contributed by atoms with Crippen molar-refractivity contribution in [3.05, 3.63) is 5.82 Å². The molecule has 3 rings (SSSR count). The summed E-state index contributed by atoms with van der Waals surface area (Å²) in [5.74, 6) is 1.78. The number of thioether (sulfide) groups is 1. The summed E-state index contributed by atoms with van der Waals surface area (Å²) in [6.07, 6.45) is 11.8. The van der Waals surface area contributed by atoms with Crippen molar-refractivity contribution in [2.45, 2.75) is 82.0 Å². The van der Waals surface area contributed by atoms with Gasteiger partial charge in [-0.1, -0.05) is 31.0 Å². The van der Waals surface area contributed by atoms with Crippen LogP contribution in [0.15, 0.2) is 5.16 Å². The van der Waals surface area contributed by atoms with Gasteiger partial charge in [-0.15, -0.1) is 10.2 Å². The standard InChI is InChI=1S/C17H30N4S/c1-13(2)21-16(18-19-17(21)22-3)14-8-7-11-20(12-14)15-9-5-4-6-10-15/h13-15H,4-12H2,1-3H3/t14-/m1/s1. The Balaban J connectivity index is 1.75. The minimum Gasteiger partial charge on any atom is -0.303 e. The fourth-order valence-corrected chi connectivity index (χ4v) is 4.81. The van der Waals surface area contributed by atoms with Crippen molar-refractivity contribution >= 4 is 11.8 Å². The quantitative estimate of drug-likeness (QED) is 0.782. The highest BCUT2D eigenvalue weighted by molar-refractivity contribution is 7.98. The lowest BCUT2D eigenvalue weighted by atomic mass is 9.90. The van der Waals surface area contributed by atoms with E-state index in [9.17, 15) is 0 Å². The fourth-order valence-electron chi connectivity index (χ4n) is 4.19. The molecule has 1 aliphatic carbocycles. The summed E-state index contributed by atoms with van der Waals surface area (Å²) in [5, 5.41) is 10.1. The molecular formula is C17H30N4S. The van der Waals surface area contributed by atoms with Gasteiger partial charge in [0, 0.05) is 24.5 Å². The third-order valence-corrected chi connectivity index (χ3v) is 5.94. The number of hydrogen-bond acceptors (Lipinski definition) is 4. The van der Waals surface area contributed by atoms with E-state index in [0.29, 0.717) is 12.0 Å². The van der Waals surface area contributed by atoms with Crippen LogP contribution in [-0.2, 0) is 0 Å². The highest BCUT2D eigenvalue weighted by Gasteiger charge is 2.31. The van der Waals surface area contributed by atoms with Gasteiger partial charge >= 0.3 is 0 Å². The molecule has 1 aromatic heterocycles. The maximum Gasteiger partial charge on any atom is 0.191 e. The van der Waals surface area contributed by atoms with Crippen LogP contribution in [0.4, 0.5) is 0 Å². The van der Waals surface area contributed by atoms with Gasteiger partial charge in [0.25, 0.3) is 0 Å². The van der Waals surface area contributed by atoms with Crippen LogP contribution in [0.1, 0.15) is 76.6 Å². The van der Waals surface area contributed by atoms with Gasteiger partial charge in [0.1, 0.15) is 5.82 Å². The topological polar surface area (TPSA) is 34.0 Å². The van der Waals surface area contributed by atoms with Crippen molar-refractivity contribution in [1.82, 2.24) is 19.7 Å². The lowest BCUT2D eigenvalue weighted by Gasteiger charge is -2.39. The van der Waals surface area contributed by atoms with Crippen LogP contribution in [-0.4, -0.2) is 45.1 Å². The van der Waals surface area contributed by atoms with Crippen molar-refractivity contribution < 1.29 is 0 Å². The van der Waals surface area contributed by atoms with E-state index >= 15 is 0 Å². The molecule has 0 radical (unpaired) electrons. The summed E-state index contributed by atoms with van der Waals surface area (Å²) < 4.78 is 2.36. The Hall–Kier alpha value is -0.550. The highest BCUT2D eigenvalue weighted by Crippen LogP contribution is 2.33. The van der Waals surface area contributed by atoms with E-state index in [1.54, 1.807) is 11.8 Å². The Morgan fingerprint density at radius 3 is 2.50 bits per heavy atom. The number of piperidine rings is 1. The first-order chi connectivity index (χ1) is 10.7. The summed E-state index contributed by atoms with van der Waals surface area (Å²) in [4.78, 5) is 2.76. The minimum absolute atomic E-state index is 0.442. The van der Waals surface area contributed by atoms with Gasteiger partial charge < -0.3 is 4.57 Å². The average Bonchev–Trinajstić information content (AvgIpc) is 3.00. The zero-order valence-electron chi connectivity index (χ0n) is 14.3. The largest absolute Gasteiger partial charge is 0.303 e. The van der Waals surface area contributed by atoms with Gasteiger partial charge in [0.2, 0.25) is 0 Å². The maximum atomic E-state index is 4.58. The fraction of sp³-hybridized carbons (Fsp3) is 0.882. The summed E-state index contributed by atoms with van der Waals surface area (Å²) in [7, 11) is 0. The van der Waals surface area contributed by atoms with E-state index in [4.69, 9.17) is 0 Å². The Morgan fingerprint density at radius 2 is 1.82 bits per heavy atom. The van der Waals surface area contributed by atoms with Crippen LogP contribution >= 0.6 is 11.8 Å². The Bertz CT molecular complexity index is 479. The van der Waals surface area contributed by atoms with Crippen molar-refractivity contribution in [3.63, 3.8) is 0 Å². The predicted octanol–water partition coefficient (Wildman–Crippen LogP) is 4.09. The van der Waals surface area contributed by atoms with Gasteiger partial charge in [-0.25, -0.2) is 0 Å². The molecule has 2 fully saturated rings. The molecule has 0 bridgehead atoms. The Morgan fingerprint density at radius 1 is 1.05 bits per heavy atom. The van der Waals surface area contributed by atoms with Crippen molar-refractivity contribution in [2.24, 2.45) is 0 Å². The number of nitrogens with zero attached hydrogens (tertiary/aromatic N) is 4. The van der Waals surface area contributed by atoms with Crippen LogP contribution in [0, 0.1) is 0 Å². The predicted molar refractivity (Wildman–Crippen MR) is 92.6 cm³/mol. The molecule has 1 aromatic rings. The second kappa shape index (κ2) is 7.35. The molecule has 0 N–H and O–H groups in total. The molecule has 2 heterocycles. The smallest absolute Gasteiger partial charge is 0.191 e. The molecule has 0 aromatic carbocycles. The number of rotatable bonds is 4. The van der Waals surface area contributed by atoms with Crippen molar-refractivity contribution in [2.75, 3.05) is 19.3 Å². The summed E-state index contributed by atoms with van der Waals surface area (Å²) in [6, 6.07) is 1.27. The second-order valence-corrected chi connectivity index (χ2v) is 7.91. The van der Waals surface area contributed by atoms with Crippen LogP contribution in [0.5, 0.6) is 0 Å².